The van der Waals surface area contributed by atoms with Crippen molar-refractivity contribution in [2.45, 2.75) is 158 Å². The van der Waals surface area contributed by atoms with E-state index in [0.717, 1.165) is 37.7 Å². The number of primary amides is 1. The molecule has 1 fully saturated rings. The van der Waals surface area contributed by atoms with Crippen LogP contribution in [0.25, 0.3) is 0 Å². The van der Waals surface area contributed by atoms with Crippen molar-refractivity contribution in [2.75, 3.05) is 54.6 Å². The Kier molecular flexibility index (Phi) is 29.4. The number of ether oxygens (including phenoxy) is 2. The number of phosphoric acid groups is 1. The second-order valence-corrected chi connectivity index (χ2v) is 18.7. The first kappa shape index (κ1) is 58.9. The molecule has 62 heavy (non-hydrogen) atoms. The van der Waals surface area contributed by atoms with E-state index in [2.05, 4.69) is 53.8 Å². The van der Waals surface area contributed by atoms with E-state index < -0.39 is 13.7 Å². The van der Waals surface area contributed by atoms with Crippen LogP contribution >= 0.6 is 7.82 Å². The Morgan fingerprint density at radius 1 is 0.935 bits per heavy atom. The molecule has 360 valence electrons. The summed E-state index contributed by atoms with van der Waals surface area (Å²) in [5.74, 6) is 0.941. The number of hydrogen-bond donors (Lipinski definition) is 2. The Balaban J connectivity index is 0.00000104. The Labute approximate surface area is 375 Å². The zero-order chi connectivity index (χ0) is 47.7. The van der Waals surface area contributed by atoms with Crippen LogP contribution in [-0.4, -0.2) is 130 Å². The second-order valence-electron chi connectivity index (χ2n) is 17.1. The Hall–Kier alpha value is -3.07. The van der Waals surface area contributed by atoms with Crippen LogP contribution in [0.5, 0.6) is 5.75 Å². The molecule has 1 aromatic carbocycles. The van der Waals surface area contributed by atoms with Crippen LogP contribution < -0.4 is 15.6 Å². The molecule has 0 bridgehead atoms. The standard InChI is InChI=1S/C22H35N2O7P.C15H31NO2.C9H20N2O/c1-5-29-32(27,30-6-2)31-20-12-8-7-10-18(20)13-14-23-22(26)17(3)21(28-4)19-11-9-15-24(19)16-25;1-8-12(5)15(13(9-2)18-7)16(6)14(17)10-11(3)4;1-6(2)8(9(10)12)11(5)7(3)4/h7-8,10,12,16-17,19,21H,5-6,9,11,13-15H2,1-4H3,(H,23,26);11-13,15H,8-10H2,1-7H3;6-8H,1-5H3,(H2,10,12). The van der Waals surface area contributed by atoms with Crippen molar-refractivity contribution >= 4 is 32.0 Å². The first-order valence-corrected chi connectivity index (χ1v) is 24.1. The Bertz CT molecular complexity index is 1470. The van der Waals surface area contributed by atoms with E-state index >= 15 is 0 Å². The zero-order valence-corrected chi connectivity index (χ0v) is 42.1. The third-order valence-corrected chi connectivity index (χ3v) is 13.0. The molecule has 1 aliphatic rings. The molecule has 2 rings (SSSR count). The third-order valence-electron chi connectivity index (χ3n) is 11.4. The summed E-state index contributed by atoms with van der Waals surface area (Å²) in [6.45, 7) is 25.4. The number of nitrogens with two attached hydrogens (primary N) is 1. The van der Waals surface area contributed by atoms with Crippen LogP contribution in [0.3, 0.4) is 0 Å². The van der Waals surface area contributed by atoms with Gasteiger partial charge < -0.3 is 34.8 Å². The van der Waals surface area contributed by atoms with Crippen molar-refractivity contribution in [3.05, 3.63) is 29.8 Å². The van der Waals surface area contributed by atoms with Gasteiger partial charge in [-0.3, -0.25) is 33.1 Å². The fraction of sp³-hybridized carbons (Fsp3) is 0.783. The van der Waals surface area contributed by atoms with Crippen LogP contribution in [0.2, 0.25) is 0 Å². The SMILES string of the molecule is CC(C)C(C(N)=O)N(C)C(C)C.CCC(C)C(C(CC)OC)N(C)C(=O)CC(C)C.CCOP(=O)(OCC)Oc1ccccc1CCNC(=O)C(C)C(OC)C1CCCN1C=O. The number of para-hydroxylation sites is 1. The number of amides is 4. The fourth-order valence-electron chi connectivity index (χ4n) is 7.72. The van der Waals surface area contributed by atoms with Crippen molar-refractivity contribution in [1.82, 2.24) is 20.0 Å². The molecule has 0 aliphatic carbocycles. The van der Waals surface area contributed by atoms with E-state index in [1.165, 1.54) is 0 Å². The lowest BCUT2D eigenvalue weighted by atomic mass is 9.91. The predicted octanol–water partition coefficient (Wildman–Crippen LogP) is 7.34. The van der Waals surface area contributed by atoms with Gasteiger partial charge in [0.15, 0.2) is 0 Å². The normalized spacial score (nSPS) is 17.0. The molecule has 0 saturated carbocycles. The summed E-state index contributed by atoms with van der Waals surface area (Å²) in [5.41, 5.74) is 6.07. The van der Waals surface area contributed by atoms with Crippen molar-refractivity contribution in [2.24, 2.45) is 29.4 Å². The smallest absolute Gasteiger partial charge is 0.404 e. The molecule has 1 heterocycles. The summed E-state index contributed by atoms with van der Waals surface area (Å²) in [5, 5.41) is 2.93. The van der Waals surface area contributed by atoms with Crippen molar-refractivity contribution in [3.63, 3.8) is 0 Å². The molecule has 1 aromatic rings. The molecule has 1 saturated heterocycles. The average molecular weight is 900 g/mol. The molecule has 4 amide bonds. The van der Waals surface area contributed by atoms with Crippen molar-refractivity contribution in [1.29, 1.82) is 0 Å². The third kappa shape index (κ3) is 19.8. The molecule has 7 atom stereocenters. The molecular weight excluding hydrogens is 814 g/mol. The first-order chi connectivity index (χ1) is 29.1. The lowest BCUT2D eigenvalue weighted by Crippen LogP contribution is -2.49. The van der Waals surface area contributed by atoms with Gasteiger partial charge in [0.05, 0.1) is 49.5 Å². The lowest BCUT2D eigenvalue weighted by Gasteiger charge is -2.37. The van der Waals surface area contributed by atoms with E-state index in [1.807, 2.05) is 56.8 Å². The van der Waals surface area contributed by atoms with Gasteiger partial charge in [0.1, 0.15) is 5.75 Å². The maximum Gasteiger partial charge on any atom is 0.530 e. The molecule has 7 unspecified atom stereocenters. The van der Waals surface area contributed by atoms with Crippen LogP contribution in [0.15, 0.2) is 24.3 Å². The van der Waals surface area contributed by atoms with Gasteiger partial charge in [-0.2, -0.15) is 0 Å². The summed E-state index contributed by atoms with van der Waals surface area (Å²) < 4.78 is 39.9. The number of hydrogen-bond acceptors (Lipinski definition) is 11. The van der Waals surface area contributed by atoms with Crippen LogP contribution in [0, 0.1) is 23.7 Å². The van der Waals surface area contributed by atoms with Crippen molar-refractivity contribution < 1.29 is 46.8 Å². The fourth-order valence-corrected chi connectivity index (χ4v) is 8.95. The van der Waals surface area contributed by atoms with Gasteiger partial charge in [-0.25, -0.2) is 4.57 Å². The van der Waals surface area contributed by atoms with Crippen LogP contribution in [-0.2, 0) is 48.7 Å². The lowest BCUT2D eigenvalue weighted by molar-refractivity contribution is -0.137. The maximum atomic E-state index is 12.8. The zero-order valence-electron chi connectivity index (χ0n) is 41.2. The largest absolute Gasteiger partial charge is 0.530 e. The first-order valence-electron chi connectivity index (χ1n) is 22.6. The van der Waals surface area contributed by atoms with E-state index in [-0.39, 0.29) is 67.2 Å². The summed E-state index contributed by atoms with van der Waals surface area (Å²) in [7, 11) is 3.45. The number of carbonyl (C=O) groups excluding carboxylic acids is 4. The monoisotopic (exact) mass is 900 g/mol. The van der Waals surface area contributed by atoms with Gasteiger partial charge in [0.2, 0.25) is 24.1 Å². The molecule has 0 aromatic heterocycles. The number of nitrogens with zero attached hydrogens (tertiary/aromatic N) is 3. The highest BCUT2D eigenvalue weighted by atomic mass is 31.2. The summed E-state index contributed by atoms with van der Waals surface area (Å²) in [6, 6.07) is 7.43. The van der Waals surface area contributed by atoms with E-state index in [9.17, 15) is 23.7 Å². The van der Waals surface area contributed by atoms with E-state index in [0.29, 0.717) is 49.6 Å². The van der Waals surface area contributed by atoms with E-state index in [4.69, 9.17) is 28.8 Å². The van der Waals surface area contributed by atoms with Crippen LogP contribution in [0.4, 0.5) is 0 Å². The Morgan fingerprint density at radius 3 is 1.97 bits per heavy atom. The van der Waals surface area contributed by atoms with Gasteiger partial charge in [0, 0.05) is 46.8 Å². The summed E-state index contributed by atoms with van der Waals surface area (Å²) in [6.07, 6.45) is 5.38. The second kappa shape index (κ2) is 30.9. The van der Waals surface area contributed by atoms with Crippen molar-refractivity contribution in [3.8, 4) is 5.75 Å². The highest BCUT2D eigenvalue weighted by molar-refractivity contribution is 7.48. The molecule has 1 aliphatic heterocycles. The number of benzene rings is 1. The Morgan fingerprint density at radius 2 is 1.53 bits per heavy atom. The van der Waals surface area contributed by atoms with Gasteiger partial charge >= 0.3 is 7.82 Å². The minimum absolute atomic E-state index is 0.0985. The predicted molar refractivity (Wildman–Crippen MR) is 248 cm³/mol. The molecular formula is C46H86N5O10P. The topological polar surface area (TPSA) is 179 Å². The highest BCUT2D eigenvalue weighted by Gasteiger charge is 2.37. The van der Waals surface area contributed by atoms with Gasteiger partial charge in [-0.05, 0) is 89.8 Å². The molecule has 0 spiro atoms. The van der Waals surface area contributed by atoms with Gasteiger partial charge in [-0.1, -0.05) is 80.0 Å². The quantitative estimate of drug-likeness (QED) is 0.0702. The highest BCUT2D eigenvalue weighted by Crippen LogP contribution is 2.50. The van der Waals surface area contributed by atoms with Gasteiger partial charge in [-0.15, -0.1) is 0 Å². The maximum absolute atomic E-state index is 12.8. The average Bonchev–Trinajstić information content (AvgIpc) is 3.68. The van der Waals surface area contributed by atoms with Gasteiger partial charge in [0.25, 0.3) is 0 Å². The van der Waals surface area contributed by atoms with E-state index in [1.54, 1.807) is 45.1 Å². The minimum Gasteiger partial charge on any atom is -0.404 e. The number of nitrogens with one attached hydrogen (secondary N) is 1. The molecule has 3 N–H and O–H groups in total. The number of rotatable bonds is 26. The number of carbonyl (C=O) groups is 4. The number of phosphoric ester groups is 1. The molecule has 16 heteroatoms. The summed E-state index contributed by atoms with van der Waals surface area (Å²) >= 11 is 0. The number of methoxy groups -OCH3 is 2. The molecule has 0 radical (unpaired) electrons. The molecule has 15 nitrogen and oxygen atoms in total. The number of likely N-dealkylation sites (N-methyl/N-ethyl adjacent to an activating group) is 2. The van der Waals surface area contributed by atoms with Crippen LogP contribution in [0.1, 0.15) is 121 Å². The number of likely N-dealkylation sites (tertiary alicyclic amines) is 1. The summed E-state index contributed by atoms with van der Waals surface area (Å²) in [4.78, 5) is 53.0. The minimum atomic E-state index is -3.71.